The molecular weight excluding hydrogens is 362 g/mol. The second-order valence-electron chi connectivity index (χ2n) is 6.56. The fraction of sp³-hybridized carbons (Fsp3) is 0.556. The molecule has 0 fully saturated rings. The van der Waals surface area contributed by atoms with E-state index in [0.29, 0.717) is 19.1 Å². The van der Waals surface area contributed by atoms with Gasteiger partial charge in [0, 0.05) is 0 Å². The van der Waals surface area contributed by atoms with Crippen molar-refractivity contribution in [3.05, 3.63) is 34.4 Å². The minimum atomic E-state index is -5.07. The molecule has 0 radical (unpaired) electrons. The lowest BCUT2D eigenvalue weighted by Gasteiger charge is -2.39. The molecule has 0 N–H and O–H groups in total. The summed E-state index contributed by atoms with van der Waals surface area (Å²) in [7, 11) is 0. The average Bonchev–Trinajstić information content (AvgIpc) is 2.43. The van der Waals surface area contributed by atoms with Crippen LogP contribution in [0.3, 0.4) is 0 Å². The van der Waals surface area contributed by atoms with Crippen molar-refractivity contribution in [3.63, 3.8) is 0 Å². The molecule has 1 aliphatic carbocycles. The largest absolute Gasteiger partial charge is 0.416 e. The molecule has 0 bridgehead atoms. The van der Waals surface area contributed by atoms with Gasteiger partial charge in [-0.2, -0.15) is 26.3 Å². The van der Waals surface area contributed by atoms with E-state index in [-0.39, 0.29) is 12.0 Å². The molecule has 0 aromatic heterocycles. The van der Waals surface area contributed by atoms with Gasteiger partial charge in [0.05, 0.1) is 5.57 Å². The molecule has 146 valence electrons. The first-order valence-electron chi connectivity index (χ1n) is 7.87. The van der Waals surface area contributed by atoms with Gasteiger partial charge in [-0.3, -0.25) is 9.59 Å². The Labute approximate surface area is 147 Å². The normalized spacial score (nSPS) is 23.5. The standard InChI is InChI=1S/C18H20F6O2/c1-6-9(2)15-13(17(19,20)21)7-12(14(10(3)25)11(4)26)8-16(15,5)18(22,23)24/h7-8,14H,6H2,1-5H3/b15-9-. The Balaban J connectivity index is 3.96. The lowest BCUT2D eigenvalue weighted by molar-refractivity contribution is -0.189. The minimum Gasteiger partial charge on any atom is -0.299 e. The van der Waals surface area contributed by atoms with Gasteiger partial charge in [0.25, 0.3) is 0 Å². The van der Waals surface area contributed by atoms with Crippen LogP contribution in [0.2, 0.25) is 0 Å². The molecule has 0 aliphatic heterocycles. The number of carbonyl (C=O) groups excluding carboxylic acids is 2. The summed E-state index contributed by atoms with van der Waals surface area (Å²) in [4.78, 5) is 23.4. The SMILES string of the molecule is CC/C(C)=C1/C(C(F)(F)F)=CC(C(C(C)=O)C(C)=O)=CC1(C)C(F)(F)F. The van der Waals surface area contributed by atoms with E-state index in [4.69, 9.17) is 0 Å². The fourth-order valence-electron chi connectivity index (χ4n) is 3.19. The maximum absolute atomic E-state index is 13.8. The van der Waals surface area contributed by atoms with E-state index in [9.17, 15) is 35.9 Å². The number of alkyl halides is 6. The number of halogens is 6. The van der Waals surface area contributed by atoms with Crippen LogP contribution in [0.5, 0.6) is 0 Å². The maximum atomic E-state index is 13.8. The highest BCUT2D eigenvalue weighted by Crippen LogP contribution is 2.55. The summed E-state index contributed by atoms with van der Waals surface area (Å²) in [5.41, 5.74) is -5.96. The lowest BCUT2D eigenvalue weighted by Crippen LogP contribution is -2.41. The van der Waals surface area contributed by atoms with E-state index in [1.807, 2.05) is 0 Å². The van der Waals surface area contributed by atoms with Crippen LogP contribution >= 0.6 is 0 Å². The number of carbonyl (C=O) groups is 2. The van der Waals surface area contributed by atoms with E-state index in [2.05, 4.69) is 0 Å². The predicted octanol–water partition coefficient (Wildman–Crippen LogP) is 5.50. The molecule has 0 aromatic rings. The third kappa shape index (κ3) is 3.94. The van der Waals surface area contributed by atoms with Gasteiger partial charge in [0.15, 0.2) is 0 Å². The molecule has 1 rings (SSSR count). The summed E-state index contributed by atoms with van der Waals surface area (Å²) < 4.78 is 82.3. The van der Waals surface area contributed by atoms with Crippen molar-refractivity contribution in [1.29, 1.82) is 0 Å². The highest BCUT2D eigenvalue weighted by atomic mass is 19.4. The van der Waals surface area contributed by atoms with Gasteiger partial charge in [0.2, 0.25) is 0 Å². The summed E-state index contributed by atoms with van der Waals surface area (Å²) in [5, 5.41) is 0. The molecule has 8 heteroatoms. The van der Waals surface area contributed by atoms with Crippen LogP contribution in [0.15, 0.2) is 34.4 Å². The monoisotopic (exact) mass is 382 g/mol. The van der Waals surface area contributed by atoms with Crippen molar-refractivity contribution in [3.8, 4) is 0 Å². The Hall–Kier alpha value is -1.86. The second-order valence-corrected chi connectivity index (χ2v) is 6.56. The molecule has 0 heterocycles. The van der Waals surface area contributed by atoms with Crippen LogP contribution in [0, 0.1) is 11.3 Å². The summed E-state index contributed by atoms with van der Waals surface area (Å²) in [6, 6.07) is 0. The van der Waals surface area contributed by atoms with Crippen molar-refractivity contribution >= 4 is 11.6 Å². The first-order chi connectivity index (χ1) is 11.6. The van der Waals surface area contributed by atoms with Crippen molar-refractivity contribution in [1.82, 2.24) is 0 Å². The summed E-state index contributed by atoms with van der Waals surface area (Å²) in [5.74, 6) is -3.30. The minimum absolute atomic E-state index is 0.0135. The first-order valence-corrected chi connectivity index (χ1v) is 7.87. The lowest BCUT2D eigenvalue weighted by atomic mass is 9.68. The van der Waals surface area contributed by atoms with E-state index in [1.165, 1.54) is 13.8 Å². The Kier molecular flexibility index (Phi) is 6.01. The van der Waals surface area contributed by atoms with Gasteiger partial charge in [-0.25, -0.2) is 0 Å². The smallest absolute Gasteiger partial charge is 0.299 e. The fourth-order valence-corrected chi connectivity index (χ4v) is 3.19. The molecule has 1 aliphatic rings. The molecule has 2 nitrogen and oxygen atoms in total. The van der Waals surface area contributed by atoms with E-state index in [0.717, 1.165) is 13.8 Å². The zero-order chi connectivity index (χ0) is 20.7. The zero-order valence-electron chi connectivity index (χ0n) is 15.0. The summed E-state index contributed by atoms with van der Waals surface area (Å²) in [6.07, 6.45) is -9.07. The topological polar surface area (TPSA) is 34.1 Å². The summed E-state index contributed by atoms with van der Waals surface area (Å²) in [6.45, 7) is 5.23. The molecule has 1 unspecified atom stereocenters. The van der Waals surface area contributed by atoms with Crippen LogP contribution in [0.1, 0.15) is 41.0 Å². The Morgan fingerprint density at radius 2 is 1.50 bits per heavy atom. The molecule has 0 aromatic carbocycles. The molecule has 0 saturated carbocycles. The number of ketones is 2. The van der Waals surface area contributed by atoms with Crippen molar-refractivity contribution in [2.45, 2.75) is 53.4 Å². The van der Waals surface area contributed by atoms with Crippen molar-refractivity contribution in [2.24, 2.45) is 11.3 Å². The van der Waals surface area contributed by atoms with Crippen LogP contribution in [0.4, 0.5) is 26.3 Å². The molecule has 0 spiro atoms. The highest BCUT2D eigenvalue weighted by Gasteiger charge is 2.58. The second kappa shape index (κ2) is 7.04. The zero-order valence-corrected chi connectivity index (χ0v) is 15.0. The van der Waals surface area contributed by atoms with Crippen LogP contribution in [-0.4, -0.2) is 23.9 Å². The van der Waals surface area contributed by atoms with Crippen molar-refractivity contribution < 1.29 is 35.9 Å². The van der Waals surface area contributed by atoms with Gasteiger partial charge < -0.3 is 0 Å². The summed E-state index contributed by atoms with van der Waals surface area (Å²) >= 11 is 0. The van der Waals surface area contributed by atoms with Gasteiger partial charge in [-0.15, -0.1) is 0 Å². The third-order valence-electron chi connectivity index (χ3n) is 4.55. The van der Waals surface area contributed by atoms with E-state index >= 15 is 0 Å². The molecule has 0 saturated heterocycles. The molecule has 26 heavy (non-hydrogen) atoms. The first kappa shape index (κ1) is 22.2. The Bertz CT molecular complexity index is 692. The van der Waals surface area contributed by atoms with Gasteiger partial charge in [-0.1, -0.05) is 18.6 Å². The van der Waals surface area contributed by atoms with E-state index in [1.54, 1.807) is 0 Å². The van der Waals surface area contributed by atoms with Crippen molar-refractivity contribution in [2.75, 3.05) is 0 Å². The van der Waals surface area contributed by atoms with Crippen LogP contribution < -0.4 is 0 Å². The highest BCUT2D eigenvalue weighted by molar-refractivity contribution is 6.04. The molecular formula is C18H20F6O2. The number of allylic oxidation sites excluding steroid dienone is 6. The number of Topliss-reactive ketones (excluding diaryl/α,β-unsaturated/α-hetero) is 2. The van der Waals surface area contributed by atoms with Gasteiger partial charge >= 0.3 is 12.4 Å². The number of hydrogen-bond donors (Lipinski definition) is 0. The van der Waals surface area contributed by atoms with Crippen LogP contribution in [0.25, 0.3) is 0 Å². The molecule has 0 amide bonds. The van der Waals surface area contributed by atoms with Gasteiger partial charge in [-0.05, 0) is 51.3 Å². The Morgan fingerprint density at radius 1 is 1.04 bits per heavy atom. The number of hydrogen-bond acceptors (Lipinski definition) is 2. The van der Waals surface area contributed by atoms with E-state index < -0.39 is 52.0 Å². The molecule has 1 atom stereocenters. The predicted molar refractivity (Wildman–Crippen MR) is 84.2 cm³/mol. The Morgan fingerprint density at radius 3 is 1.81 bits per heavy atom. The maximum Gasteiger partial charge on any atom is 0.416 e. The third-order valence-corrected chi connectivity index (χ3v) is 4.55. The average molecular weight is 382 g/mol. The van der Waals surface area contributed by atoms with Gasteiger partial charge in [0.1, 0.15) is 22.9 Å². The number of rotatable bonds is 4. The quantitative estimate of drug-likeness (QED) is 0.475. The van der Waals surface area contributed by atoms with Crippen LogP contribution in [-0.2, 0) is 9.59 Å².